The highest BCUT2D eigenvalue weighted by atomic mass is 35.5. The van der Waals surface area contributed by atoms with E-state index in [9.17, 15) is 19.2 Å². The van der Waals surface area contributed by atoms with Crippen LogP contribution >= 0.6 is 11.6 Å². The van der Waals surface area contributed by atoms with Crippen LogP contribution in [0.2, 0.25) is 5.02 Å². The van der Waals surface area contributed by atoms with Crippen LogP contribution in [-0.4, -0.2) is 34.0 Å². The van der Waals surface area contributed by atoms with Gasteiger partial charge in [-0.25, -0.2) is 4.79 Å². The molecule has 3 aromatic rings. The molecule has 206 valence electrons. The van der Waals surface area contributed by atoms with Gasteiger partial charge in [-0.1, -0.05) is 47.5 Å². The second-order valence-electron chi connectivity index (χ2n) is 9.88. The number of rotatable bonds is 12. The Morgan fingerprint density at radius 1 is 0.872 bits per heavy atom. The van der Waals surface area contributed by atoms with Gasteiger partial charge in [-0.15, -0.1) is 0 Å². The molecule has 0 radical (unpaired) electrons. The van der Waals surface area contributed by atoms with Crippen molar-refractivity contribution in [3.05, 3.63) is 91.6 Å². The van der Waals surface area contributed by atoms with E-state index in [0.717, 1.165) is 29.4 Å². The number of benzene rings is 2. The molecular formula is C30H35ClN4O4. The summed E-state index contributed by atoms with van der Waals surface area (Å²) in [4.78, 5) is 51.5. The molecule has 1 aromatic heterocycles. The molecule has 39 heavy (non-hydrogen) atoms. The van der Waals surface area contributed by atoms with E-state index in [0.29, 0.717) is 41.9 Å². The Morgan fingerprint density at radius 3 is 2.38 bits per heavy atom. The van der Waals surface area contributed by atoms with E-state index in [2.05, 4.69) is 16.7 Å². The monoisotopic (exact) mass is 550 g/mol. The number of allylic oxidation sites excluding steroid dienone is 1. The van der Waals surface area contributed by atoms with E-state index in [1.165, 1.54) is 23.0 Å². The molecule has 1 aliphatic carbocycles. The minimum atomic E-state index is -0.549. The van der Waals surface area contributed by atoms with Gasteiger partial charge in [0.15, 0.2) is 0 Å². The third kappa shape index (κ3) is 7.93. The maximum absolute atomic E-state index is 13.3. The van der Waals surface area contributed by atoms with E-state index in [4.69, 9.17) is 11.6 Å². The van der Waals surface area contributed by atoms with E-state index in [1.54, 1.807) is 24.3 Å². The number of hydrogen-bond acceptors (Lipinski definition) is 4. The first kappa shape index (κ1) is 28.4. The van der Waals surface area contributed by atoms with Gasteiger partial charge in [-0.2, -0.15) is 0 Å². The lowest BCUT2D eigenvalue weighted by Crippen LogP contribution is -2.43. The van der Waals surface area contributed by atoms with Gasteiger partial charge in [0.05, 0.1) is 10.9 Å². The van der Waals surface area contributed by atoms with Crippen molar-refractivity contribution in [2.24, 2.45) is 0 Å². The number of halogens is 1. The molecule has 0 spiro atoms. The molecule has 2 aromatic carbocycles. The van der Waals surface area contributed by atoms with Crippen molar-refractivity contribution >= 4 is 34.3 Å². The number of carbonyl (C=O) groups excluding carboxylic acids is 2. The highest BCUT2D eigenvalue weighted by Gasteiger charge is 2.16. The molecule has 2 amide bonds. The molecule has 0 bridgehead atoms. The fraction of sp³-hybridized carbons (Fsp3) is 0.400. The zero-order chi connectivity index (χ0) is 27.6. The number of nitrogens with zero attached hydrogens (tertiary/aromatic N) is 2. The molecule has 0 aliphatic heterocycles. The Balaban J connectivity index is 1.36. The topological polar surface area (TPSA) is 102 Å². The summed E-state index contributed by atoms with van der Waals surface area (Å²) in [6.45, 7) is 0.909. The standard InChI is InChI=1S/C30H35ClN4O4/c31-24-14-12-23(13-15-24)17-18-32-27(36)11-6-20-34-29(38)25-9-4-5-10-26(25)35(30(34)39)21-28(37)33-19-16-22-7-2-1-3-8-22/h4-5,7,9-10,12-15H,1-3,6,8,11,16-21H2,(H,32,36)(H,33,37). The van der Waals surface area contributed by atoms with Crippen LogP contribution in [0.25, 0.3) is 10.9 Å². The van der Waals surface area contributed by atoms with Gasteiger partial charge < -0.3 is 10.6 Å². The lowest BCUT2D eigenvalue weighted by atomic mass is 9.97. The fourth-order valence-corrected chi connectivity index (χ4v) is 5.02. The smallest absolute Gasteiger partial charge is 0.331 e. The van der Waals surface area contributed by atoms with Crippen LogP contribution in [0, 0.1) is 0 Å². The molecule has 1 heterocycles. The minimum absolute atomic E-state index is 0.0862. The first-order valence-corrected chi connectivity index (χ1v) is 14.0. The van der Waals surface area contributed by atoms with E-state index in [-0.39, 0.29) is 31.3 Å². The summed E-state index contributed by atoms with van der Waals surface area (Å²) in [5, 5.41) is 6.81. The molecular weight excluding hydrogens is 516 g/mol. The summed E-state index contributed by atoms with van der Waals surface area (Å²) in [5.74, 6) is -0.422. The van der Waals surface area contributed by atoms with Gasteiger partial charge in [0.25, 0.3) is 5.56 Å². The quantitative estimate of drug-likeness (QED) is 0.333. The first-order valence-electron chi connectivity index (χ1n) is 13.6. The SMILES string of the molecule is O=C(CCCn1c(=O)c2ccccc2n(CC(=O)NCCC2=CCCCC2)c1=O)NCCc1ccc(Cl)cc1. The highest BCUT2D eigenvalue weighted by Crippen LogP contribution is 2.19. The Morgan fingerprint density at radius 2 is 1.62 bits per heavy atom. The van der Waals surface area contributed by atoms with Gasteiger partial charge in [0.2, 0.25) is 11.8 Å². The lowest BCUT2D eigenvalue weighted by Gasteiger charge is -2.15. The zero-order valence-corrected chi connectivity index (χ0v) is 22.8. The summed E-state index contributed by atoms with van der Waals surface area (Å²) in [6, 6.07) is 14.3. The number of carbonyl (C=O) groups is 2. The molecule has 0 saturated heterocycles. The van der Waals surface area contributed by atoms with Gasteiger partial charge >= 0.3 is 5.69 Å². The summed E-state index contributed by atoms with van der Waals surface area (Å²) in [7, 11) is 0. The summed E-state index contributed by atoms with van der Waals surface area (Å²) in [5.41, 5.74) is 1.89. The van der Waals surface area contributed by atoms with Crippen LogP contribution in [0.1, 0.15) is 50.5 Å². The van der Waals surface area contributed by atoms with Gasteiger partial charge in [-0.05, 0) is 74.8 Å². The predicted octanol–water partition coefficient (Wildman–Crippen LogP) is 3.96. The Labute approximate surface area is 232 Å². The second-order valence-corrected chi connectivity index (χ2v) is 10.3. The van der Waals surface area contributed by atoms with Crippen LogP contribution in [0.4, 0.5) is 0 Å². The first-order chi connectivity index (χ1) is 18.9. The zero-order valence-electron chi connectivity index (χ0n) is 22.1. The third-order valence-corrected chi connectivity index (χ3v) is 7.27. The summed E-state index contributed by atoms with van der Waals surface area (Å²) in [6.07, 6.45) is 8.81. The lowest BCUT2D eigenvalue weighted by molar-refractivity contribution is -0.122. The van der Waals surface area contributed by atoms with Crippen molar-refractivity contribution in [3.8, 4) is 0 Å². The molecule has 0 fully saturated rings. The fourth-order valence-electron chi connectivity index (χ4n) is 4.90. The molecule has 0 atom stereocenters. The number of nitrogens with one attached hydrogen (secondary N) is 2. The van der Waals surface area contributed by atoms with Crippen LogP contribution < -0.4 is 21.9 Å². The average Bonchev–Trinajstić information content (AvgIpc) is 2.94. The molecule has 1 aliphatic rings. The van der Waals surface area contributed by atoms with Crippen molar-refractivity contribution in [2.45, 2.75) is 64.5 Å². The summed E-state index contributed by atoms with van der Waals surface area (Å²) >= 11 is 5.90. The van der Waals surface area contributed by atoms with Crippen molar-refractivity contribution in [3.63, 3.8) is 0 Å². The van der Waals surface area contributed by atoms with Crippen LogP contribution in [0.15, 0.2) is 69.8 Å². The molecule has 8 nitrogen and oxygen atoms in total. The van der Waals surface area contributed by atoms with E-state index < -0.39 is 11.2 Å². The molecule has 4 rings (SSSR count). The van der Waals surface area contributed by atoms with Crippen molar-refractivity contribution < 1.29 is 9.59 Å². The van der Waals surface area contributed by atoms with Gasteiger partial charge in [0.1, 0.15) is 6.54 Å². The number of hydrogen-bond donors (Lipinski definition) is 2. The van der Waals surface area contributed by atoms with Crippen molar-refractivity contribution in [1.82, 2.24) is 19.8 Å². The molecule has 2 N–H and O–H groups in total. The van der Waals surface area contributed by atoms with E-state index >= 15 is 0 Å². The second kappa shape index (κ2) is 13.9. The van der Waals surface area contributed by atoms with Crippen LogP contribution in [-0.2, 0) is 29.1 Å². The van der Waals surface area contributed by atoms with Crippen molar-refractivity contribution in [2.75, 3.05) is 13.1 Å². The third-order valence-electron chi connectivity index (χ3n) is 7.02. The largest absolute Gasteiger partial charge is 0.356 e. The van der Waals surface area contributed by atoms with E-state index in [1.807, 2.05) is 24.3 Å². The van der Waals surface area contributed by atoms with Crippen molar-refractivity contribution in [1.29, 1.82) is 0 Å². The highest BCUT2D eigenvalue weighted by molar-refractivity contribution is 6.30. The number of aromatic nitrogens is 2. The van der Waals surface area contributed by atoms with Crippen LogP contribution in [0.5, 0.6) is 0 Å². The average molecular weight is 551 g/mol. The van der Waals surface area contributed by atoms with Gasteiger partial charge in [0, 0.05) is 31.1 Å². The van der Waals surface area contributed by atoms with Gasteiger partial charge in [-0.3, -0.25) is 23.5 Å². The normalized spacial score (nSPS) is 13.2. The number of para-hydroxylation sites is 1. The Kier molecular flexibility index (Phi) is 10.1. The predicted molar refractivity (Wildman–Crippen MR) is 154 cm³/mol. The number of fused-ring (bicyclic) bond motifs is 1. The molecule has 0 unspecified atom stereocenters. The molecule has 0 saturated carbocycles. The minimum Gasteiger partial charge on any atom is -0.356 e. The molecule has 9 heteroatoms. The van der Waals surface area contributed by atoms with Crippen LogP contribution in [0.3, 0.4) is 0 Å². The summed E-state index contributed by atoms with van der Waals surface area (Å²) < 4.78 is 2.47. The Hall–Kier alpha value is -3.65. The maximum Gasteiger partial charge on any atom is 0.331 e. The Bertz CT molecular complexity index is 1460. The maximum atomic E-state index is 13.3. The number of amides is 2.